The largest absolute Gasteiger partial charge is 0.207 e. The Morgan fingerprint density at radius 3 is 1.50 bits per heavy atom. The van der Waals surface area contributed by atoms with Gasteiger partial charge in [-0.2, -0.15) is 0 Å². The number of hydrogen-bond donors (Lipinski definition) is 1. The summed E-state index contributed by atoms with van der Waals surface area (Å²) < 4.78 is 24.3. The van der Waals surface area contributed by atoms with E-state index in [0.29, 0.717) is 4.90 Å². The van der Waals surface area contributed by atoms with Crippen LogP contribution < -0.4 is 0 Å². The molecule has 1 rings (SSSR count). The van der Waals surface area contributed by atoms with Gasteiger partial charge in [-0.25, -0.2) is 8.78 Å². The van der Waals surface area contributed by atoms with Gasteiger partial charge in [-0.15, -0.1) is 37.4 Å². The maximum Gasteiger partial charge on any atom is 0.127 e. The van der Waals surface area contributed by atoms with Crippen LogP contribution >= 0.6 is 37.4 Å². The van der Waals surface area contributed by atoms with Gasteiger partial charge in [0.25, 0.3) is 0 Å². The molecule has 0 aliphatic carbocycles. The summed E-state index contributed by atoms with van der Waals surface area (Å²) in [5.74, 6) is -1.19. The van der Waals surface area contributed by atoms with Crippen LogP contribution in [-0.4, -0.2) is 0 Å². The molecule has 0 aromatic heterocycles. The second kappa shape index (κ2) is 7.65. The Bertz CT molecular complexity index is 180. The van der Waals surface area contributed by atoms with E-state index < -0.39 is 11.6 Å². The van der Waals surface area contributed by atoms with E-state index in [9.17, 15) is 8.78 Å². The van der Waals surface area contributed by atoms with Gasteiger partial charge in [0.15, 0.2) is 0 Å². The first kappa shape index (κ1) is 17.9. The molecular weight excluding hydrogens is 225 g/mol. The van der Waals surface area contributed by atoms with Crippen LogP contribution in [0.3, 0.4) is 0 Å². The first-order valence-electron chi connectivity index (χ1n) is 2.33. The fraction of sp³-hybridized carbons (Fsp3) is 0.143. The summed E-state index contributed by atoms with van der Waals surface area (Å²) in [4.78, 5) is 0.299. The smallest absolute Gasteiger partial charge is 0.127 e. The molecule has 0 aliphatic heterocycles. The van der Waals surface area contributed by atoms with Crippen LogP contribution in [0.1, 0.15) is 7.43 Å². The minimum absolute atomic E-state index is 0. The first-order chi connectivity index (χ1) is 4.18. The lowest BCUT2D eigenvalue weighted by Gasteiger charge is -1.90. The second-order valence-corrected chi connectivity index (χ2v) is 2.14. The lowest BCUT2D eigenvalue weighted by atomic mass is 10.3. The van der Waals surface area contributed by atoms with E-state index in [2.05, 4.69) is 12.6 Å². The van der Waals surface area contributed by atoms with Crippen LogP contribution in [0.2, 0.25) is 0 Å². The Hall–Kier alpha value is 0.01000. The van der Waals surface area contributed by atoms with E-state index in [-0.39, 0.29) is 32.2 Å². The van der Waals surface area contributed by atoms with Crippen molar-refractivity contribution in [2.45, 2.75) is 12.3 Å². The Balaban J connectivity index is -0.000000270. The monoisotopic (exact) mass is 234 g/mol. The highest BCUT2D eigenvalue weighted by atomic mass is 35.5. The van der Waals surface area contributed by atoms with Crippen molar-refractivity contribution in [1.29, 1.82) is 0 Å². The predicted octanol–water partition coefficient (Wildman–Crippen LogP) is 3.73. The van der Waals surface area contributed by atoms with Gasteiger partial charge in [0.1, 0.15) is 11.6 Å². The van der Waals surface area contributed by atoms with Crippen molar-refractivity contribution < 1.29 is 8.78 Å². The molecule has 72 valence electrons. The van der Waals surface area contributed by atoms with E-state index in [1.165, 1.54) is 0 Å². The Morgan fingerprint density at radius 2 is 1.25 bits per heavy atom. The van der Waals surface area contributed by atoms with E-state index in [1.807, 2.05) is 0 Å². The molecule has 0 spiro atoms. The summed E-state index contributed by atoms with van der Waals surface area (Å²) in [7, 11) is 0. The van der Waals surface area contributed by atoms with Crippen LogP contribution in [0.25, 0.3) is 0 Å². The molecule has 1 aromatic rings. The average Bonchev–Trinajstić information content (AvgIpc) is 1.59. The van der Waals surface area contributed by atoms with Gasteiger partial charge in [-0.05, 0) is 12.1 Å². The standard InChI is InChI=1S/C6H4F2S.CH4.2ClH/c7-4-1-5(8)3-6(9)2-4;;;/h1-3,9H;1H4;2*1H. The minimum atomic E-state index is -0.597. The maximum absolute atomic E-state index is 12.1. The second-order valence-electron chi connectivity index (χ2n) is 1.63. The highest BCUT2D eigenvalue weighted by molar-refractivity contribution is 7.80. The number of thiol groups is 1. The van der Waals surface area contributed by atoms with Crippen LogP contribution in [0.5, 0.6) is 0 Å². The van der Waals surface area contributed by atoms with Gasteiger partial charge in [0.2, 0.25) is 0 Å². The molecular formula is C7H10Cl2F2S. The molecule has 0 bridgehead atoms. The summed E-state index contributed by atoms with van der Waals surface area (Å²) in [5.41, 5.74) is 0. The van der Waals surface area contributed by atoms with Crippen LogP contribution in [0, 0.1) is 11.6 Å². The highest BCUT2D eigenvalue weighted by Gasteiger charge is 1.94. The molecule has 5 heteroatoms. The zero-order valence-electron chi connectivity index (χ0n) is 5.25. The zero-order valence-corrected chi connectivity index (χ0v) is 7.78. The SMILES string of the molecule is C.Cl.Cl.Fc1cc(F)cc(S)c1. The summed E-state index contributed by atoms with van der Waals surface area (Å²) in [6, 6.07) is 3.10. The third-order valence-electron chi connectivity index (χ3n) is 0.847. The summed E-state index contributed by atoms with van der Waals surface area (Å²) in [6.07, 6.45) is 0. The van der Waals surface area contributed by atoms with Crippen molar-refractivity contribution in [3.05, 3.63) is 29.8 Å². The number of halogens is 4. The molecule has 0 unspecified atom stereocenters. The minimum Gasteiger partial charge on any atom is -0.207 e. The van der Waals surface area contributed by atoms with E-state index in [0.717, 1.165) is 18.2 Å². The molecule has 0 N–H and O–H groups in total. The van der Waals surface area contributed by atoms with Gasteiger partial charge in [0, 0.05) is 11.0 Å². The molecule has 0 aliphatic rings. The van der Waals surface area contributed by atoms with Gasteiger partial charge >= 0.3 is 0 Å². The van der Waals surface area contributed by atoms with Crippen molar-refractivity contribution in [3.63, 3.8) is 0 Å². The fourth-order valence-corrected chi connectivity index (χ4v) is 0.786. The van der Waals surface area contributed by atoms with Gasteiger partial charge in [-0.3, -0.25) is 0 Å². The predicted molar refractivity (Wildman–Crippen MR) is 54.8 cm³/mol. The van der Waals surface area contributed by atoms with Crippen LogP contribution in [0.4, 0.5) is 8.78 Å². The molecule has 0 nitrogen and oxygen atoms in total. The molecule has 0 atom stereocenters. The van der Waals surface area contributed by atoms with Gasteiger partial charge in [-0.1, -0.05) is 7.43 Å². The third kappa shape index (κ3) is 5.63. The molecule has 0 saturated carbocycles. The first-order valence-corrected chi connectivity index (χ1v) is 2.78. The van der Waals surface area contributed by atoms with Crippen LogP contribution in [0.15, 0.2) is 23.1 Å². The molecule has 12 heavy (non-hydrogen) atoms. The van der Waals surface area contributed by atoms with Crippen LogP contribution in [-0.2, 0) is 0 Å². The molecule has 0 fully saturated rings. The number of hydrogen-bond acceptors (Lipinski definition) is 1. The van der Waals surface area contributed by atoms with Crippen molar-refractivity contribution in [2.24, 2.45) is 0 Å². The molecule has 0 heterocycles. The molecule has 0 amide bonds. The Labute approximate surface area is 88.6 Å². The lowest BCUT2D eigenvalue weighted by molar-refractivity contribution is 0.577. The molecule has 0 saturated heterocycles. The van der Waals surface area contributed by atoms with Crippen molar-refractivity contribution in [2.75, 3.05) is 0 Å². The van der Waals surface area contributed by atoms with Crippen molar-refractivity contribution >= 4 is 37.4 Å². The normalized spacial score (nSPS) is 7.25. The highest BCUT2D eigenvalue weighted by Crippen LogP contribution is 2.10. The summed E-state index contributed by atoms with van der Waals surface area (Å²) >= 11 is 3.74. The number of benzene rings is 1. The van der Waals surface area contributed by atoms with E-state index in [4.69, 9.17) is 0 Å². The summed E-state index contributed by atoms with van der Waals surface area (Å²) in [6.45, 7) is 0. The Kier molecular flexibility index (Phi) is 11.4. The zero-order chi connectivity index (χ0) is 6.85. The van der Waals surface area contributed by atoms with E-state index in [1.54, 1.807) is 0 Å². The topological polar surface area (TPSA) is 0 Å². The van der Waals surface area contributed by atoms with Gasteiger partial charge < -0.3 is 0 Å². The average molecular weight is 235 g/mol. The Morgan fingerprint density at radius 1 is 0.917 bits per heavy atom. The van der Waals surface area contributed by atoms with E-state index >= 15 is 0 Å². The summed E-state index contributed by atoms with van der Waals surface area (Å²) in [5, 5.41) is 0. The lowest BCUT2D eigenvalue weighted by Crippen LogP contribution is -1.77. The quantitative estimate of drug-likeness (QED) is 0.651. The van der Waals surface area contributed by atoms with Crippen molar-refractivity contribution in [3.8, 4) is 0 Å². The fourth-order valence-electron chi connectivity index (χ4n) is 0.539. The molecule has 1 aromatic carbocycles. The molecule has 0 radical (unpaired) electrons. The van der Waals surface area contributed by atoms with Gasteiger partial charge in [0.05, 0.1) is 0 Å². The number of rotatable bonds is 0. The van der Waals surface area contributed by atoms with Crippen molar-refractivity contribution in [1.82, 2.24) is 0 Å². The maximum atomic E-state index is 12.1. The third-order valence-corrected chi connectivity index (χ3v) is 1.11.